The molecule has 1 heteroatoms. The van der Waals surface area contributed by atoms with Gasteiger partial charge in [0.25, 0.3) is 0 Å². The quantitative estimate of drug-likeness (QED) is 0.167. The normalized spacial score (nSPS) is 11.3. The first kappa shape index (κ1) is 28.8. The van der Waals surface area contributed by atoms with E-state index in [1.54, 1.807) is 0 Å². The van der Waals surface area contributed by atoms with Gasteiger partial charge < -0.3 is 4.90 Å². The van der Waals surface area contributed by atoms with Gasteiger partial charge in [-0.15, -0.1) is 0 Å². The van der Waals surface area contributed by atoms with Crippen molar-refractivity contribution in [2.75, 3.05) is 4.90 Å². The molecule has 0 heterocycles. The summed E-state index contributed by atoms with van der Waals surface area (Å²) in [6.07, 6.45) is 0. The minimum atomic E-state index is 1.13. The van der Waals surface area contributed by atoms with E-state index in [4.69, 9.17) is 0 Å². The van der Waals surface area contributed by atoms with Gasteiger partial charge >= 0.3 is 0 Å². The van der Waals surface area contributed by atoms with E-state index in [9.17, 15) is 0 Å². The van der Waals surface area contributed by atoms with E-state index in [1.165, 1.54) is 65.7 Å². The fourth-order valence-electron chi connectivity index (χ4n) is 7.45. The number of rotatable bonds is 6. The summed E-state index contributed by atoms with van der Waals surface area (Å²) in [5.74, 6) is 0. The Morgan fingerprint density at radius 2 is 0.755 bits per heavy atom. The molecule has 1 nitrogen and oxygen atoms in total. The predicted molar refractivity (Wildman–Crippen MR) is 210 cm³/mol. The third kappa shape index (κ3) is 5.04. The van der Waals surface area contributed by atoms with Gasteiger partial charge in [0.15, 0.2) is 0 Å². The van der Waals surface area contributed by atoms with Crippen LogP contribution in [-0.2, 0) is 0 Å². The van der Waals surface area contributed by atoms with Crippen LogP contribution in [0.1, 0.15) is 0 Å². The smallest absolute Gasteiger partial charge is 0.0547 e. The van der Waals surface area contributed by atoms with Crippen molar-refractivity contribution in [2.24, 2.45) is 0 Å². The largest absolute Gasteiger partial charge is 0.309 e. The first-order valence-corrected chi connectivity index (χ1v) is 16.9. The predicted octanol–water partition coefficient (Wildman–Crippen LogP) is 13.6. The minimum absolute atomic E-state index is 1.13. The number of hydrogen-bond acceptors (Lipinski definition) is 1. The highest BCUT2D eigenvalue weighted by molar-refractivity contribution is 6.16. The van der Waals surface area contributed by atoms with E-state index >= 15 is 0 Å². The number of benzene rings is 9. The van der Waals surface area contributed by atoms with Gasteiger partial charge in [-0.2, -0.15) is 0 Å². The van der Waals surface area contributed by atoms with Gasteiger partial charge in [0.05, 0.1) is 17.1 Å². The zero-order valence-corrected chi connectivity index (χ0v) is 27.0. The molecule has 0 unspecified atom stereocenters. The van der Waals surface area contributed by atoms with Crippen LogP contribution in [0.3, 0.4) is 0 Å². The lowest BCUT2D eigenvalue weighted by atomic mass is 9.87. The molecule has 49 heavy (non-hydrogen) atoms. The topological polar surface area (TPSA) is 3.24 Å². The summed E-state index contributed by atoms with van der Waals surface area (Å²) in [6.45, 7) is 0. The Kier molecular flexibility index (Phi) is 7.22. The molecule has 0 aliphatic rings. The maximum absolute atomic E-state index is 2.51. The molecule has 0 saturated heterocycles. The SMILES string of the molecule is c1ccc(-c2ccccc2-c2c(-c3ccccc3)cccc2N(c2cccc3ccccc23)c2cc3ccccc3c3ccccc23)cc1. The average Bonchev–Trinajstić information content (AvgIpc) is 3.19. The molecule has 0 bridgehead atoms. The number of fused-ring (bicyclic) bond motifs is 4. The molecule has 0 amide bonds. The molecule has 9 rings (SSSR count). The van der Waals surface area contributed by atoms with Crippen LogP contribution < -0.4 is 4.90 Å². The van der Waals surface area contributed by atoms with Crippen LogP contribution in [0.2, 0.25) is 0 Å². The third-order valence-corrected chi connectivity index (χ3v) is 9.64. The number of hydrogen-bond donors (Lipinski definition) is 0. The van der Waals surface area contributed by atoms with Gasteiger partial charge in [0, 0.05) is 16.3 Å². The van der Waals surface area contributed by atoms with Crippen LogP contribution in [0.15, 0.2) is 200 Å². The number of anilines is 3. The van der Waals surface area contributed by atoms with Crippen LogP contribution in [0.5, 0.6) is 0 Å². The second kappa shape index (κ2) is 12.3. The second-order valence-corrected chi connectivity index (χ2v) is 12.5. The number of nitrogens with zero attached hydrogens (tertiary/aromatic N) is 1. The monoisotopic (exact) mass is 623 g/mol. The molecule has 0 aromatic heterocycles. The molecule has 230 valence electrons. The fourth-order valence-corrected chi connectivity index (χ4v) is 7.45. The van der Waals surface area contributed by atoms with Crippen LogP contribution >= 0.6 is 0 Å². The zero-order valence-electron chi connectivity index (χ0n) is 27.0. The lowest BCUT2D eigenvalue weighted by molar-refractivity contribution is 1.32. The molecule has 0 radical (unpaired) electrons. The molecule has 0 aliphatic heterocycles. The Bertz CT molecular complexity index is 2600. The molecule has 0 atom stereocenters. The summed E-state index contributed by atoms with van der Waals surface area (Å²) < 4.78 is 0. The fraction of sp³-hybridized carbons (Fsp3) is 0. The summed E-state index contributed by atoms with van der Waals surface area (Å²) in [5.41, 5.74) is 10.6. The molecular formula is C48H33N. The molecule has 0 N–H and O–H groups in total. The van der Waals surface area contributed by atoms with E-state index in [-0.39, 0.29) is 0 Å². The average molecular weight is 624 g/mol. The summed E-state index contributed by atoms with van der Waals surface area (Å²) in [7, 11) is 0. The van der Waals surface area contributed by atoms with Crippen molar-refractivity contribution in [3.8, 4) is 33.4 Å². The van der Waals surface area contributed by atoms with E-state index in [0.717, 1.165) is 17.1 Å². The van der Waals surface area contributed by atoms with Crippen molar-refractivity contribution in [1.29, 1.82) is 0 Å². The van der Waals surface area contributed by atoms with Crippen LogP contribution in [0.25, 0.3) is 65.7 Å². The highest BCUT2D eigenvalue weighted by Gasteiger charge is 2.25. The summed E-state index contributed by atoms with van der Waals surface area (Å²) in [6, 6.07) is 72.6. The van der Waals surface area contributed by atoms with E-state index < -0.39 is 0 Å². The molecule has 0 spiro atoms. The molecule has 9 aromatic carbocycles. The maximum Gasteiger partial charge on any atom is 0.0547 e. The lowest BCUT2D eigenvalue weighted by Gasteiger charge is -2.32. The van der Waals surface area contributed by atoms with E-state index in [0.29, 0.717) is 0 Å². The van der Waals surface area contributed by atoms with Crippen molar-refractivity contribution in [3.05, 3.63) is 200 Å². The van der Waals surface area contributed by atoms with Crippen molar-refractivity contribution >= 4 is 49.4 Å². The standard InChI is InChI=1S/C48H33N/c1-3-17-34(18-4-1)38-24-11-14-29-44(38)48-41(36-19-5-2-6-20-36)30-16-32-46(48)49(45-31-15-23-35-21-7-10-26-40(35)45)47-33-37-22-8-9-25-39(37)42-27-12-13-28-43(42)47/h1-33H. The zero-order chi connectivity index (χ0) is 32.6. The highest BCUT2D eigenvalue weighted by atomic mass is 15.1. The van der Waals surface area contributed by atoms with Gasteiger partial charge in [0.2, 0.25) is 0 Å². The van der Waals surface area contributed by atoms with Crippen molar-refractivity contribution < 1.29 is 0 Å². The first-order chi connectivity index (χ1) is 24.3. The molecule has 0 fully saturated rings. The van der Waals surface area contributed by atoms with Gasteiger partial charge in [-0.1, -0.05) is 182 Å². The summed E-state index contributed by atoms with van der Waals surface area (Å²) >= 11 is 0. The summed E-state index contributed by atoms with van der Waals surface area (Å²) in [4.78, 5) is 2.51. The second-order valence-electron chi connectivity index (χ2n) is 12.5. The molecule has 0 aliphatic carbocycles. The first-order valence-electron chi connectivity index (χ1n) is 16.9. The molecule has 0 saturated carbocycles. The van der Waals surface area contributed by atoms with E-state index in [1.807, 2.05) is 0 Å². The van der Waals surface area contributed by atoms with Gasteiger partial charge in [-0.3, -0.25) is 0 Å². The van der Waals surface area contributed by atoms with Gasteiger partial charge in [-0.25, -0.2) is 0 Å². The highest BCUT2D eigenvalue weighted by Crippen LogP contribution is 2.51. The molecular weight excluding hydrogens is 591 g/mol. The van der Waals surface area contributed by atoms with Crippen LogP contribution in [0.4, 0.5) is 17.1 Å². The maximum atomic E-state index is 2.51. The Morgan fingerprint density at radius 1 is 0.265 bits per heavy atom. The van der Waals surface area contributed by atoms with Crippen LogP contribution in [0, 0.1) is 0 Å². The Labute approximate surface area is 287 Å². The Balaban J connectivity index is 1.45. The van der Waals surface area contributed by atoms with Crippen molar-refractivity contribution in [2.45, 2.75) is 0 Å². The van der Waals surface area contributed by atoms with Crippen molar-refractivity contribution in [1.82, 2.24) is 0 Å². The van der Waals surface area contributed by atoms with Gasteiger partial charge in [0.1, 0.15) is 0 Å². The van der Waals surface area contributed by atoms with E-state index in [2.05, 4.69) is 205 Å². The Morgan fingerprint density at radius 3 is 1.51 bits per heavy atom. The summed E-state index contributed by atoms with van der Waals surface area (Å²) in [5, 5.41) is 7.34. The molecule has 9 aromatic rings. The third-order valence-electron chi connectivity index (χ3n) is 9.64. The lowest BCUT2D eigenvalue weighted by Crippen LogP contribution is -2.13. The van der Waals surface area contributed by atoms with Crippen LogP contribution in [-0.4, -0.2) is 0 Å². The van der Waals surface area contributed by atoms with Gasteiger partial charge in [-0.05, 0) is 67.6 Å². The minimum Gasteiger partial charge on any atom is -0.309 e. The Hall–Kier alpha value is -6.44. The van der Waals surface area contributed by atoms with Crippen molar-refractivity contribution in [3.63, 3.8) is 0 Å².